The third-order valence-corrected chi connectivity index (χ3v) is 3.43. The fraction of sp³-hybridized carbons (Fsp3) is 0.0588. The standard InChI is InChI=1S/C17H11FN2O2/c1-19-12-9-15(17(21)22-2)14-7-8-20(16(14)10-12)13-5-3-11(18)4-6-13/h3-10H,2H3. The molecule has 0 saturated heterocycles. The summed E-state index contributed by atoms with van der Waals surface area (Å²) in [4.78, 5) is 15.3. The molecule has 0 aliphatic carbocycles. The minimum atomic E-state index is -0.493. The number of benzene rings is 2. The van der Waals surface area contributed by atoms with Crippen LogP contribution in [0.4, 0.5) is 10.1 Å². The summed E-state index contributed by atoms with van der Waals surface area (Å²) in [5, 5.41) is 0.684. The minimum Gasteiger partial charge on any atom is -0.465 e. The van der Waals surface area contributed by atoms with Crippen molar-refractivity contribution in [3.8, 4) is 5.69 Å². The highest BCUT2D eigenvalue weighted by molar-refractivity contribution is 6.06. The van der Waals surface area contributed by atoms with Crippen LogP contribution in [0.15, 0.2) is 48.7 Å². The lowest BCUT2D eigenvalue weighted by molar-refractivity contribution is 0.0603. The lowest BCUT2D eigenvalue weighted by atomic mass is 10.1. The molecule has 3 rings (SSSR count). The second kappa shape index (κ2) is 5.34. The average molecular weight is 294 g/mol. The molecule has 0 aliphatic heterocycles. The number of esters is 1. The number of hydrogen-bond donors (Lipinski definition) is 0. The van der Waals surface area contributed by atoms with Crippen molar-refractivity contribution in [1.82, 2.24) is 4.57 Å². The molecular weight excluding hydrogens is 283 g/mol. The number of carbonyl (C=O) groups is 1. The van der Waals surface area contributed by atoms with E-state index in [9.17, 15) is 9.18 Å². The monoisotopic (exact) mass is 294 g/mol. The average Bonchev–Trinajstić information content (AvgIpc) is 2.97. The number of aromatic nitrogens is 1. The van der Waals surface area contributed by atoms with Crippen LogP contribution in [0.25, 0.3) is 21.4 Å². The Morgan fingerprint density at radius 1 is 1.23 bits per heavy atom. The van der Waals surface area contributed by atoms with Crippen LogP contribution >= 0.6 is 0 Å². The molecule has 0 fully saturated rings. The molecule has 5 heteroatoms. The van der Waals surface area contributed by atoms with Gasteiger partial charge >= 0.3 is 5.97 Å². The van der Waals surface area contributed by atoms with Crippen molar-refractivity contribution >= 4 is 22.6 Å². The third kappa shape index (κ3) is 2.21. The number of fused-ring (bicyclic) bond motifs is 1. The number of rotatable bonds is 2. The van der Waals surface area contributed by atoms with Crippen LogP contribution in [0.5, 0.6) is 0 Å². The Balaban J connectivity index is 2.28. The van der Waals surface area contributed by atoms with Gasteiger partial charge in [-0.05, 0) is 42.5 Å². The van der Waals surface area contributed by atoms with Crippen LogP contribution in [0, 0.1) is 12.4 Å². The van der Waals surface area contributed by atoms with E-state index in [2.05, 4.69) is 4.85 Å². The molecule has 4 nitrogen and oxygen atoms in total. The summed E-state index contributed by atoms with van der Waals surface area (Å²) in [7, 11) is 1.30. The molecule has 1 heterocycles. The number of ether oxygens (including phenoxy) is 1. The van der Waals surface area contributed by atoms with Gasteiger partial charge in [0.1, 0.15) is 5.82 Å². The van der Waals surface area contributed by atoms with Gasteiger partial charge < -0.3 is 9.30 Å². The van der Waals surface area contributed by atoms with E-state index in [0.29, 0.717) is 22.2 Å². The fourth-order valence-corrected chi connectivity index (χ4v) is 2.40. The van der Waals surface area contributed by atoms with Crippen molar-refractivity contribution in [2.75, 3.05) is 7.11 Å². The lowest BCUT2D eigenvalue weighted by Gasteiger charge is -2.08. The second-order valence-corrected chi connectivity index (χ2v) is 4.69. The minimum absolute atomic E-state index is 0.322. The summed E-state index contributed by atoms with van der Waals surface area (Å²) in [5.41, 5.74) is 2.12. The molecule has 0 unspecified atom stereocenters. The third-order valence-electron chi connectivity index (χ3n) is 3.43. The first kappa shape index (κ1) is 13.8. The first-order chi connectivity index (χ1) is 10.6. The predicted octanol–water partition coefficient (Wildman–Crippen LogP) is 4.11. The highest BCUT2D eigenvalue weighted by Gasteiger charge is 2.15. The van der Waals surface area contributed by atoms with Crippen LogP contribution < -0.4 is 0 Å². The zero-order valence-corrected chi connectivity index (χ0v) is 11.7. The second-order valence-electron chi connectivity index (χ2n) is 4.69. The van der Waals surface area contributed by atoms with E-state index >= 15 is 0 Å². The molecule has 0 atom stereocenters. The van der Waals surface area contributed by atoms with E-state index in [1.165, 1.54) is 25.3 Å². The summed E-state index contributed by atoms with van der Waals surface area (Å²) in [6.07, 6.45) is 1.78. The fourth-order valence-electron chi connectivity index (χ4n) is 2.40. The molecule has 108 valence electrons. The van der Waals surface area contributed by atoms with Crippen LogP contribution in [0.3, 0.4) is 0 Å². The van der Waals surface area contributed by atoms with Crippen molar-refractivity contribution in [2.24, 2.45) is 0 Å². The van der Waals surface area contributed by atoms with E-state index in [0.717, 1.165) is 5.69 Å². The van der Waals surface area contributed by atoms with E-state index in [1.54, 1.807) is 35.0 Å². The molecule has 2 aromatic carbocycles. The quantitative estimate of drug-likeness (QED) is 0.527. The first-order valence-electron chi connectivity index (χ1n) is 6.51. The Morgan fingerprint density at radius 3 is 2.59 bits per heavy atom. The largest absolute Gasteiger partial charge is 0.465 e. The van der Waals surface area contributed by atoms with Gasteiger partial charge in [0.2, 0.25) is 0 Å². The molecule has 0 aliphatic rings. The number of nitrogens with zero attached hydrogens (tertiary/aromatic N) is 2. The molecule has 0 amide bonds. The van der Waals surface area contributed by atoms with Crippen LogP contribution in [0.2, 0.25) is 0 Å². The Hall–Kier alpha value is -3.13. The summed E-state index contributed by atoms with van der Waals surface area (Å²) >= 11 is 0. The van der Waals surface area contributed by atoms with E-state index < -0.39 is 5.97 Å². The van der Waals surface area contributed by atoms with Gasteiger partial charge in [0, 0.05) is 22.8 Å². The van der Waals surface area contributed by atoms with Gasteiger partial charge in [-0.1, -0.05) is 0 Å². The van der Waals surface area contributed by atoms with Gasteiger partial charge in [0.05, 0.1) is 19.2 Å². The number of hydrogen-bond acceptors (Lipinski definition) is 2. The van der Waals surface area contributed by atoms with E-state index in [1.807, 2.05) is 0 Å². The number of carbonyl (C=O) groups excluding carboxylic acids is 1. The normalized spacial score (nSPS) is 10.4. The van der Waals surface area contributed by atoms with Gasteiger partial charge in [-0.3, -0.25) is 0 Å². The van der Waals surface area contributed by atoms with Crippen molar-refractivity contribution in [3.63, 3.8) is 0 Å². The van der Waals surface area contributed by atoms with E-state index in [-0.39, 0.29) is 5.82 Å². The molecule has 1 aromatic heterocycles. The van der Waals surface area contributed by atoms with Crippen molar-refractivity contribution in [2.45, 2.75) is 0 Å². The van der Waals surface area contributed by atoms with Gasteiger partial charge in [-0.2, -0.15) is 0 Å². The molecule has 0 spiro atoms. The maximum absolute atomic E-state index is 13.1. The molecule has 0 bridgehead atoms. The number of halogens is 1. The van der Waals surface area contributed by atoms with E-state index in [4.69, 9.17) is 11.3 Å². The van der Waals surface area contributed by atoms with Crippen LogP contribution in [0.1, 0.15) is 10.4 Å². The smallest absolute Gasteiger partial charge is 0.337 e. The summed E-state index contributed by atoms with van der Waals surface area (Å²) in [6, 6.07) is 11.0. The predicted molar refractivity (Wildman–Crippen MR) is 80.8 cm³/mol. The molecule has 22 heavy (non-hydrogen) atoms. The molecule has 0 N–H and O–H groups in total. The number of methoxy groups -OCH3 is 1. The molecular formula is C17H11FN2O2. The van der Waals surface area contributed by atoms with Crippen LogP contribution in [-0.2, 0) is 4.74 Å². The van der Waals surface area contributed by atoms with Crippen molar-refractivity contribution in [1.29, 1.82) is 0 Å². The van der Waals surface area contributed by atoms with Gasteiger partial charge in [-0.25, -0.2) is 14.0 Å². The first-order valence-corrected chi connectivity index (χ1v) is 6.51. The van der Waals surface area contributed by atoms with Gasteiger partial charge in [0.15, 0.2) is 5.69 Å². The Morgan fingerprint density at radius 2 is 1.95 bits per heavy atom. The zero-order chi connectivity index (χ0) is 15.7. The zero-order valence-electron chi connectivity index (χ0n) is 11.7. The van der Waals surface area contributed by atoms with Gasteiger partial charge in [0.25, 0.3) is 0 Å². The summed E-state index contributed by atoms with van der Waals surface area (Å²) in [6.45, 7) is 7.18. The maximum Gasteiger partial charge on any atom is 0.337 e. The SMILES string of the molecule is [C-]#[N+]c1cc(C(=O)OC)c2ccn(-c3ccc(F)cc3)c2c1. The van der Waals surface area contributed by atoms with Crippen LogP contribution in [-0.4, -0.2) is 17.6 Å². The van der Waals surface area contributed by atoms with Crippen molar-refractivity contribution in [3.05, 3.63) is 71.5 Å². The van der Waals surface area contributed by atoms with Gasteiger partial charge in [-0.15, -0.1) is 0 Å². The summed E-state index contributed by atoms with van der Waals surface area (Å²) < 4.78 is 19.6. The Labute approximate surface area is 126 Å². The highest BCUT2D eigenvalue weighted by atomic mass is 19.1. The topological polar surface area (TPSA) is 35.6 Å². The van der Waals surface area contributed by atoms with Crippen molar-refractivity contribution < 1.29 is 13.9 Å². The molecule has 0 radical (unpaired) electrons. The maximum atomic E-state index is 13.1. The lowest BCUT2D eigenvalue weighted by Crippen LogP contribution is -2.02. The molecule has 3 aromatic rings. The Bertz CT molecular complexity index is 905. The molecule has 0 saturated carbocycles. The Kier molecular flexibility index (Phi) is 3.36. The summed E-state index contributed by atoms with van der Waals surface area (Å²) in [5.74, 6) is -0.815. The highest BCUT2D eigenvalue weighted by Crippen LogP contribution is 2.29.